The number of fused-ring (bicyclic) bond motifs is 3. The molecule has 1 heterocycles. The number of rotatable bonds is 5. The van der Waals surface area contributed by atoms with Crippen LogP contribution in [0.15, 0.2) is 84.9 Å². The van der Waals surface area contributed by atoms with E-state index in [2.05, 4.69) is 5.32 Å². The van der Waals surface area contributed by atoms with Crippen molar-refractivity contribution in [2.75, 3.05) is 12.4 Å². The number of hydrogen-bond acceptors (Lipinski definition) is 7. The minimum atomic E-state index is -0.691. The molecule has 35 heavy (non-hydrogen) atoms. The van der Waals surface area contributed by atoms with Gasteiger partial charge in [-0.25, -0.2) is 9.59 Å². The fourth-order valence-electron chi connectivity index (χ4n) is 3.92. The summed E-state index contributed by atoms with van der Waals surface area (Å²) in [5.41, 5.74) is 4.09. The van der Waals surface area contributed by atoms with E-state index in [9.17, 15) is 14.7 Å². The predicted molar refractivity (Wildman–Crippen MR) is 130 cm³/mol. The summed E-state index contributed by atoms with van der Waals surface area (Å²) in [6.07, 6.45) is 0. The van der Waals surface area contributed by atoms with Crippen LogP contribution in [0.25, 0.3) is 11.1 Å². The fourth-order valence-corrected chi connectivity index (χ4v) is 3.92. The van der Waals surface area contributed by atoms with Crippen molar-refractivity contribution in [2.45, 2.75) is 6.54 Å². The van der Waals surface area contributed by atoms with Crippen LogP contribution in [0.5, 0.6) is 23.0 Å². The van der Waals surface area contributed by atoms with Crippen LogP contribution >= 0.6 is 0 Å². The summed E-state index contributed by atoms with van der Waals surface area (Å²) in [6.45, 7) is 0.507. The molecule has 7 nitrogen and oxygen atoms in total. The van der Waals surface area contributed by atoms with Gasteiger partial charge in [-0.1, -0.05) is 30.3 Å². The van der Waals surface area contributed by atoms with E-state index in [1.54, 1.807) is 42.5 Å². The lowest BCUT2D eigenvalue weighted by Crippen LogP contribution is -2.15. The van der Waals surface area contributed by atoms with Crippen molar-refractivity contribution in [3.63, 3.8) is 0 Å². The van der Waals surface area contributed by atoms with Gasteiger partial charge in [-0.3, -0.25) is 0 Å². The first-order chi connectivity index (χ1) is 17.0. The SMILES string of the molecule is COc1cccc(C(=O)Oc2cc3c(cc2OC(=O)c2cccc(O)c2)CNc2ccccc2-3)c1. The third-order valence-corrected chi connectivity index (χ3v) is 5.65. The first kappa shape index (κ1) is 22.0. The fraction of sp³-hybridized carbons (Fsp3) is 0.0714. The van der Waals surface area contributed by atoms with Crippen molar-refractivity contribution in [3.05, 3.63) is 102 Å². The van der Waals surface area contributed by atoms with Crippen molar-refractivity contribution in [1.82, 2.24) is 0 Å². The number of anilines is 1. The summed E-state index contributed by atoms with van der Waals surface area (Å²) < 4.78 is 16.6. The molecule has 0 aliphatic carbocycles. The second-order valence-electron chi connectivity index (χ2n) is 7.92. The van der Waals surface area contributed by atoms with Crippen LogP contribution in [0.1, 0.15) is 26.3 Å². The predicted octanol–water partition coefficient (Wildman–Crippen LogP) is 5.43. The Morgan fingerprint density at radius 2 is 1.46 bits per heavy atom. The van der Waals surface area contributed by atoms with Gasteiger partial charge in [0, 0.05) is 17.8 Å². The van der Waals surface area contributed by atoms with Crippen LogP contribution in [-0.4, -0.2) is 24.2 Å². The molecular formula is C28H21NO6. The molecule has 7 heteroatoms. The van der Waals surface area contributed by atoms with Gasteiger partial charge in [-0.15, -0.1) is 0 Å². The van der Waals surface area contributed by atoms with E-state index in [-0.39, 0.29) is 28.4 Å². The quantitative estimate of drug-likeness (QED) is 0.298. The van der Waals surface area contributed by atoms with E-state index >= 15 is 0 Å². The first-order valence-corrected chi connectivity index (χ1v) is 10.9. The molecule has 0 bridgehead atoms. The molecule has 4 aromatic carbocycles. The Morgan fingerprint density at radius 1 is 0.771 bits per heavy atom. The van der Waals surface area contributed by atoms with E-state index < -0.39 is 11.9 Å². The zero-order valence-corrected chi connectivity index (χ0v) is 18.8. The number of esters is 2. The van der Waals surface area contributed by atoms with Crippen LogP contribution in [0.2, 0.25) is 0 Å². The molecule has 1 aliphatic heterocycles. The summed E-state index contributed by atoms with van der Waals surface area (Å²) in [5, 5.41) is 13.1. The van der Waals surface area contributed by atoms with Crippen LogP contribution in [-0.2, 0) is 6.54 Å². The van der Waals surface area contributed by atoms with Gasteiger partial charge in [0.15, 0.2) is 11.5 Å². The Labute approximate surface area is 201 Å². The monoisotopic (exact) mass is 467 g/mol. The third-order valence-electron chi connectivity index (χ3n) is 5.65. The molecule has 0 atom stereocenters. The topological polar surface area (TPSA) is 94.1 Å². The number of phenols is 1. The van der Waals surface area contributed by atoms with E-state index in [4.69, 9.17) is 14.2 Å². The normalized spacial score (nSPS) is 11.5. The molecule has 0 radical (unpaired) electrons. The molecule has 0 aromatic heterocycles. The minimum Gasteiger partial charge on any atom is -0.508 e. The zero-order valence-electron chi connectivity index (χ0n) is 18.8. The van der Waals surface area contributed by atoms with Crippen molar-refractivity contribution in [3.8, 4) is 34.1 Å². The average Bonchev–Trinajstić information content (AvgIpc) is 2.89. The second kappa shape index (κ2) is 9.23. The molecule has 2 N–H and O–H groups in total. The molecule has 0 fully saturated rings. The maximum atomic E-state index is 13.0. The van der Waals surface area contributed by atoms with Crippen LogP contribution in [0, 0.1) is 0 Å². The molecule has 0 unspecified atom stereocenters. The van der Waals surface area contributed by atoms with Crippen LogP contribution in [0.4, 0.5) is 5.69 Å². The molecule has 0 spiro atoms. The molecule has 0 saturated carbocycles. The highest BCUT2D eigenvalue weighted by atomic mass is 16.6. The van der Waals surface area contributed by atoms with E-state index in [0.29, 0.717) is 12.3 Å². The minimum absolute atomic E-state index is 0.0598. The summed E-state index contributed by atoms with van der Waals surface area (Å²) in [4.78, 5) is 25.8. The highest BCUT2D eigenvalue weighted by Crippen LogP contribution is 2.42. The molecule has 5 rings (SSSR count). The van der Waals surface area contributed by atoms with E-state index in [1.165, 1.54) is 25.3 Å². The summed E-state index contributed by atoms with van der Waals surface area (Å²) in [5.74, 6) is -0.670. The number of nitrogens with one attached hydrogen (secondary N) is 1. The number of benzene rings is 4. The van der Waals surface area contributed by atoms with Gasteiger partial charge in [0.05, 0.1) is 18.2 Å². The van der Waals surface area contributed by atoms with E-state index in [1.807, 2.05) is 24.3 Å². The van der Waals surface area contributed by atoms with Gasteiger partial charge >= 0.3 is 11.9 Å². The lowest BCUT2D eigenvalue weighted by Gasteiger charge is -2.23. The van der Waals surface area contributed by atoms with Gasteiger partial charge in [-0.2, -0.15) is 0 Å². The molecule has 0 saturated heterocycles. The maximum absolute atomic E-state index is 13.0. The van der Waals surface area contributed by atoms with E-state index in [0.717, 1.165) is 22.4 Å². The molecule has 0 amide bonds. The van der Waals surface area contributed by atoms with Gasteiger partial charge in [0.2, 0.25) is 0 Å². The molecule has 4 aromatic rings. The van der Waals surface area contributed by atoms with Crippen molar-refractivity contribution >= 4 is 17.6 Å². The summed E-state index contributed by atoms with van der Waals surface area (Å²) >= 11 is 0. The third kappa shape index (κ3) is 4.52. The number of ether oxygens (including phenoxy) is 3. The van der Waals surface area contributed by atoms with Gasteiger partial charge in [-0.05, 0) is 65.7 Å². The number of carbonyl (C=O) groups is 2. The van der Waals surface area contributed by atoms with Gasteiger partial charge in [0.1, 0.15) is 11.5 Å². The van der Waals surface area contributed by atoms with Gasteiger partial charge in [0.25, 0.3) is 0 Å². The second-order valence-corrected chi connectivity index (χ2v) is 7.92. The van der Waals surface area contributed by atoms with Crippen LogP contribution in [0.3, 0.4) is 0 Å². The average molecular weight is 467 g/mol. The smallest absolute Gasteiger partial charge is 0.343 e. The lowest BCUT2D eigenvalue weighted by atomic mass is 9.94. The van der Waals surface area contributed by atoms with Gasteiger partial charge < -0.3 is 24.6 Å². The lowest BCUT2D eigenvalue weighted by molar-refractivity contribution is 0.0682. The van der Waals surface area contributed by atoms with Crippen LogP contribution < -0.4 is 19.5 Å². The van der Waals surface area contributed by atoms with Crippen molar-refractivity contribution in [2.24, 2.45) is 0 Å². The number of carbonyl (C=O) groups excluding carboxylic acids is 2. The zero-order chi connectivity index (χ0) is 24.4. The Hall–Kier alpha value is -4.78. The molecular weight excluding hydrogens is 446 g/mol. The maximum Gasteiger partial charge on any atom is 0.343 e. The molecule has 174 valence electrons. The largest absolute Gasteiger partial charge is 0.508 e. The summed E-state index contributed by atoms with van der Waals surface area (Å²) in [7, 11) is 1.51. The Kier molecular flexibility index (Phi) is 5.81. The number of para-hydroxylation sites is 1. The van der Waals surface area contributed by atoms with Crippen molar-refractivity contribution < 1.29 is 28.9 Å². The molecule has 1 aliphatic rings. The summed E-state index contributed by atoms with van der Waals surface area (Å²) in [6, 6.07) is 23.6. The Balaban J connectivity index is 1.55. The number of phenolic OH excluding ortho intramolecular Hbond substituents is 1. The highest BCUT2D eigenvalue weighted by Gasteiger charge is 2.23. The number of methoxy groups -OCH3 is 1. The first-order valence-electron chi connectivity index (χ1n) is 10.9. The number of aromatic hydroxyl groups is 1. The Bertz CT molecular complexity index is 1450. The highest BCUT2D eigenvalue weighted by molar-refractivity contribution is 5.94. The Morgan fingerprint density at radius 3 is 2.20 bits per heavy atom. The van der Waals surface area contributed by atoms with Crippen molar-refractivity contribution in [1.29, 1.82) is 0 Å². The number of hydrogen-bond donors (Lipinski definition) is 2. The standard InChI is InChI=1S/C28H21NO6/c1-33-21-9-5-7-18(13-21)28(32)35-26-15-23-19(16-29-24-11-3-2-10-22(23)24)14-25(26)34-27(31)17-6-4-8-20(30)12-17/h2-15,29-30H,16H2,1H3.